The molecule has 2 rings (SSSR count). The molecule has 21 heavy (non-hydrogen) atoms. The third-order valence-corrected chi connectivity index (χ3v) is 3.17. The average molecular weight is 313 g/mol. The van der Waals surface area contributed by atoms with Crippen LogP contribution in [0.15, 0.2) is 18.5 Å². The van der Waals surface area contributed by atoms with Gasteiger partial charge in [-0.3, -0.25) is 0 Å². The Hall–Kier alpha value is -1.95. The van der Waals surface area contributed by atoms with Crippen molar-refractivity contribution in [3.8, 4) is 0 Å². The molecule has 4 nitrogen and oxygen atoms in total. The second kappa shape index (κ2) is 6.67. The first-order valence-electron chi connectivity index (χ1n) is 6.50. The van der Waals surface area contributed by atoms with Crippen LogP contribution in [0.5, 0.6) is 0 Å². The summed E-state index contributed by atoms with van der Waals surface area (Å²) in [4.78, 5) is 8.19. The molecule has 0 bridgehead atoms. The van der Waals surface area contributed by atoms with Gasteiger partial charge in [-0.05, 0) is 19.4 Å². The van der Waals surface area contributed by atoms with Gasteiger partial charge < -0.3 is 10.6 Å². The van der Waals surface area contributed by atoms with E-state index in [-0.39, 0.29) is 10.7 Å². The highest BCUT2D eigenvalue weighted by Gasteiger charge is 2.13. The number of hydrogen-bond acceptors (Lipinski definition) is 4. The fourth-order valence-corrected chi connectivity index (χ4v) is 2.02. The molecular formula is C14H15ClF2N4. The SMILES string of the molecule is CCCNc1ncnc(Nc2c(F)cc(F)cc2Cl)c1C. The van der Waals surface area contributed by atoms with Crippen molar-refractivity contribution in [2.75, 3.05) is 17.2 Å². The van der Waals surface area contributed by atoms with Gasteiger partial charge in [0.15, 0.2) is 5.82 Å². The molecule has 2 aromatic rings. The number of anilines is 3. The van der Waals surface area contributed by atoms with Gasteiger partial charge in [0.1, 0.15) is 23.8 Å². The number of nitrogens with one attached hydrogen (secondary N) is 2. The Morgan fingerprint density at radius 2 is 1.90 bits per heavy atom. The molecular weight excluding hydrogens is 298 g/mol. The lowest BCUT2D eigenvalue weighted by Gasteiger charge is -2.13. The summed E-state index contributed by atoms with van der Waals surface area (Å²) in [6, 6.07) is 1.81. The van der Waals surface area contributed by atoms with Gasteiger partial charge in [-0.1, -0.05) is 18.5 Å². The van der Waals surface area contributed by atoms with E-state index < -0.39 is 11.6 Å². The zero-order valence-electron chi connectivity index (χ0n) is 11.7. The molecule has 0 spiro atoms. The lowest BCUT2D eigenvalue weighted by Crippen LogP contribution is -2.07. The van der Waals surface area contributed by atoms with Crippen molar-refractivity contribution >= 4 is 28.9 Å². The highest BCUT2D eigenvalue weighted by atomic mass is 35.5. The van der Waals surface area contributed by atoms with E-state index in [1.807, 2.05) is 6.92 Å². The lowest BCUT2D eigenvalue weighted by atomic mass is 10.2. The second-order valence-corrected chi connectivity index (χ2v) is 4.90. The molecule has 0 saturated heterocycles. The summed E-state index contributed by atoms with van der Waals surface area (Å²) >= 11 is 5.86. The first-order valence-corrected chi connectivity index (χ1v) is 6.87. The van der Waals surface area contributed by atoms with Crippen LogP contribution < -0.4 is 10.6 Å². The standard InChI is InChI=1S/C14H15ClF2N4/c1-3-4-18-13-8(2)14(20-7-19-13)21-12-10(15)5-9(16)6-11(12)17/h5-7H,3-4H2,1-2H3,(H2,18,19,20,21). The molecule has 1 aromatic heterocycles. The van der Waals surface area contributed by atoms with Crippen LogP contribution in [0, 0.1) is 18.6 Å². The smallest absolute Gasteiger partial charge is 0.151 e. The van der Waals surface area contributed by atoms with Gasteiger partial charge in [0.25, 0.3) is 0 Å². The number of halogens is 3. The summed E-state index contributed by atoms with van der Waals surface area (Å²) in [6.07, 6.45) is 2.31. The number of rotatable bonds is 5. The van der Waals surface area contributed by atoms with E-state index in [2.05, 4.69) is 20.6 Å². The molecule has 0 saturated carbocycles. The maximum Gasteiger partial charge on any atom is 0.151 e. The second-order valence-electron chi connectivity index (χ2n) is 4.49. The maximum absolute atomic E-state index is 13.8. The molecule has 2 N–H and O–H groups in total. The van der Waals surface area contributed by atoms with Crippen LogP contribution in [0.3, 0.4) is 0 Å². The van der Waals surface area contributed by atoms with Crippen molar-refractivity contribution in [2.45, 2.75) is 20.3 Å². The highest BCUT2D eigenvalue weighted by Crippen LogP contribution is 2.30. The number of nitrogens with zero attached hydrogens (tertiary/aromatic N) is 2. The molecule has 0 fully saturated rings. The normalized spacial score (nSPS) is 10.5. The Kier molecular flexibility index (Phi) is 4.90. The van der Waals surface area contributed by atoms with E-state index in [4.69, 9.17) is 11.6 Å². The van der Waals surface area contributed by atoms with Crippen LogP contribution in [0.25, 0.3) is 0 Å². The molecule has 112 valence electrons. The Morgan fingerprint density at radius 3 is 2.57 bits per heavy atom. The monoisotopic (exact) mass is 312 g/mol. The summed E-state index contributed by atoms with van der Waals surface area (Å²) in [5, 5.41) is 5.89. The number of benzene rings is 1. The van der Waals surface area contributed by atoms with Crippen LogP contribution >= 0.6 is 11.6 Å². The average Bonchev–Trinajstić information content (AvgIpc) is 2.43. The molecule has 0 aliphatic heterocycles. The first-order chi connectivity index (χ1) is 10.0. The first kappa shape index (κ1) is 15.4. The van der Waals surface area contributed by atoms with Crippen LogP contribution in [-0.2, 0) is 0 Å². The fraction of sp³-hybridized carbons (Fsp3) is 0.286. The predicted octanol–water partition coefficient (Wildman–Crippen LogP) is 4.28. The Balaban J connectivity index is 2.32. The van der Waals surface area contributed by atoms with Crippen molar-refractivity contribution in [3.63, 3.8) is 0 Å². The predicted molar refractivity (Wildman–Crippen MR) is 80.2 cm³/mol. The van der Waals surface area contributed by atoms with Crippen molar-refractivity contribution in [1.29, 1.82) is 0 Å². The zero-order valence-corrected chi connectivity index (χ0v) is 12.4. The molecule has 7 heteroatoms. The van der Waals surface area contributed by atoms with E-state index >= 15 is 0 Å². The van der Waals surface area contributed by atoms with E-state index in [0.29, 0.717) is 11.6 Å². The van der Waals surface area contributed by atoms with Gasteiger partial charge in [0.05, 0.1) is 10.7 Å². The molecule has 1 aromatic carbocycles. The summed E-state index contributed by atoms with van der Waals surface area (Å²) in [5.41, 5.74) is 0.715. The summed E-state index contributed by atoms with van der Waals surface area (Å²) in [7, 11) is 0. The molecule has 0 amide bonds. The van der Waals surface area contributed by atoms with Crippen LogP contribution in [0.2, 0.25) is 5.02 Å². The minimum atomic E-state index is -0.777. The van der Waals surface area contributed by atoms with Crippen molar-refractivity contribution < 1.29 is 8.78 Å². The topological polar surface area (TPSA) is 49.8 Å². The maximum atomic E-state index is 13.8. The molecule has 0 aliphatic carbocycles. The third kappa shape index (κ3) is 3.58. The van der Waals surface area contributed by atoms with Crippen LogP contribution in [-0.4, -0.2) is 16.5 Å². The van der Waals surface area contributed by atoms with E-state index in [9.17, 15) is 8.78 Å². The molecule has 0 unspecified atom stereocenters. The lowest BCUT2D eigenvalue weighted by molar-refractivity contribution is 0.586. The largest absolute Gasteiger partial charge is 0.370 e. The minimum absolute atomic E-state index is 0.0127. The van der Waals surface area contributed by atoms with E-state index in [0.717, 1.165) is 30.7 Å². The zero-order chi connectivity index (χ0) is 15.4. The molecule has 0 aliphatic rings. The van der Waals surface area contributed by atoms with Crippen molar-refractivity contribution in [2.24, 2.45) is 0 Å². The van der Waals surface area contributed by atoms with Crippen LogP contribution in [0.4, 0.5) is 26.1 Å². The minimum Gasteiger partial charge on any atom is -0.370 e. The Morgan fingerprint density at radius 1 is 1.19 bits per heavy atom. The number of aromatic nitrogens is 2. The quantitative estimate of drug-likeness (QED) is 0.865. The van der Waals surface area contributed by atoms with Gasteiger partial charge in [0, 0.05) is 18.2 Å². The van der Waals surface area contributed by atoms with Crippen molar-refractivity contribution in [1.82, 2.24) is 9.97 Å². The highest BCUT2D eigenvalue weighted by molar-refractivity contribution is 6.33. The van der Waals surface area contributed by atoms with E-state index in [1.165, 1.54) is 6.33 Å². The van der Waals surface area contributed by atoms with E-state index in [1.54, 1.807) is 6.92 Å². The van der Waals surface area contributed by atoms with Gasteiger partial charge in [-0.15, -0.1) is 0 Å². The van der Waals surface area contributed by atoms with Gasteiger partial charge in [-0.25, -0.2) is 18.7 Å². The summed E-state index contributed by atoms with van der Waals surface area (Å²) in [5.74, 6) is -0.433. The molecule has 0 radical (unpaired) electrons. The van der Waals surface area contributed by atoms with Crippen molar-refractivity contribution in [3.05, 3.63) is 40.7 Å². The Bertz CT molecular complexity index is 626. The third-order valence-electron chi connectivity index (χ3n) is 2.88. The number of hydrogen-bond donors (Lipinski definition) is 2. The van der Waals surface area contributed by atoms with Crippen LogP contribution in [0.1, 0.15) is 18.9 Å². The molecule has 1 heterocycles. The Labute approximate surface area is 126 Å². The van der Waals surface area contributed by atoms with Gasteiger partial charge in [-0.2, -0.15) is 0 Å². The fourth-order valence-electron chi connectivity index (χ4n) is 1.78. The van der Waals surface area contributed by atoms with Gasteiger partial charge in [0.2, 0.25) is 0 Å². The summed E-state index contributed by atoms with van der Waals surface area (Å²) in [6.45, 7) is 4.61. The summed E-state index contributed by atoms with van der Waals surface area (Å²) < 4.78 is 26.8. The molecule has 0 atom stereocenters. The van der Waals surface area contributed by atoms with Gasteiger partial charge >= 0.3 is 0 Å².